The van der Waals surface area contributed by atoms with Gasteiger partial charge in [0.15, 0.2) is 0 Å². The lowest BCUT2D eigenvalue weighted by Gasteiger charge is -2.51. The van der Waals surface area contributed by atoms with E-state index in [2.05, 4.69) is 27.3 Å². The van der Waals surface area contributed by atoms with Gasteiger partial charge in [-0.1, -0.05) is 23.7 Å². The van der Waals surface area contributed by atoms with Gasteiger partial charge in [-0.05, 0) is 37.1 Å². The highest BCUT2D eigenvalue weighted by molar-refractivity contribution is 6.30. The average Bonchev–Trinajstić information content (AvgIpc) is 3.18. The van der Waals surface area contributed by atoms with Gasteiger partial charge in [-0.15, -0.1) is 0 Å². The minimum Gasteiger partial charge on any atom is -0.483 e. The first-order valence-electron chi connectivity index (χ1n) is 9.26. The lowest BCUT2D eigenvalue weighted by molar-refractivity contribution is -0.145. The molecular formula is C20H27ClN4O4. The van der Waals surface area contributed by atoms with Gasteiger partial charge in [0.1, 0.15) is 0 Å². The predicted octanol–water partition coefficient (Wildman–Crippen LogP) is 1.96. The molecule has 2 aromatic rings. The third-order valence-electron chi connectivity index (χ3n) is 4.98. The Morgan fingerprint density at radius 2 is 2.07 bits per heavy atom. The van der Waals surface area contributed by atoms with Crippen molar-refractivity contribution < 1.29 is 19.4 Å². The van der Waals surface area contributed by atoms with Crippen LogP contribution >= 0.6 is 11.6 Å². The molecule has 1 atom stereocenters. The van der Waals surface area contributed by atoms with Crippen molar-refractivity contribution in [2.75, 3.05) is 26.8 Å². The van der Waals surface area contributed by atoms with Crippen LogP contribution in [0.4, 0.5) is 0 Å². The monoisotopic (exact) mass is 422 g/mol. The molecule has 3 N–H and O–H groups in total. The number of halogens is 1. The molecule has 1 aliphatic rings. The molecule has 158 valence electrons. The van der Waals surface area contributed by atoms with Crippen LogP contribution in [-0.2, 0) is 27.3 Å². The van der Waals surface area contributed by atoms with E-state index in [1.807, 2.05) is 30.3 Å². The molecule has 1 saturated heterocycles. The number of carbonyl (C=O) groups excluding carboxylic acids is 1. The number of ether oxygens (including phenoxy) is 1. The third-order valence-corrected chi connectivity index (χ3v) is 5.23. The highest BCUT2D eigenvalue weighted by atomic mass is 35.5. The number of carbonyl (C=O) groups is 2. The number of aromatic nitrogens is 2. The lowest BCUT2D eigenvalue weighted by atomic mass is 9.73. The minimum absolute atomic E-state index is 0.0721. The molecule has 3 rings (SSSR count). The Morgan fingerprint density at radius 1 is 1.41 bits per heavy atom. The van der Waals surface area contributed by atoms with Crippen LogP contribution in [0, 0.1) is 5.41 Å². The van der Waals surface area contributed by atoms with E-state index in [1.165, 1.54) is 0 Å². The number of H-pyrrole nitrogens is 1. The van der Waals surface area contributed by atoms with E-state index in [-0.39, 0.29) is 12.4 Å². The van der Waals surface area contributed by atoms with Gasteiger partial charge < -0.3 is 15.2 Å². The minimum atomic E-state index is -0.435. The summed E-state index contributed by atoms with van der Waals surface area (Å²) in [6.45, 7) is 4.42. The number of hydrogen-bond acceptors (Lipinski definition) is 5. The molecule has 1 aliphatic heterocycles. The SMILES string of the molecule is COCC(C)N1CC(Cc2ccc(Cl)cc2)(C(=O)NCc2ccn[nH]2)C1.O=CO. The van der Waals surface area contributed by atoms with Gasteiger partial charge in [0.05, 0.1) is 24.3 Å². The molecular weight excluding hydrogens is 396 g/mol. The summed E-state index contributed by atoms with van der Waals surface area (Å²) in [4.78, 5) is 23.7. The molecule has 1 fully saturated rings. The molecule has 1 unspecified atom stereocenters. The first kappa shape index (κ1) is 22.9. The summed E-state index contributed by atoms with van der Waals surface area (Å²) in [7, 11) is 1.70. The van der Waals surface area contributed by atoms with Gasteiger partial charge in [-0.25, -0.2) is 0 Å². The van der Waals surface area contributed by atoms with Crippen molar-refractivity contribution in [2.24, 2.45) is 5.41 Å². The Labute approximate surface area is 175 Å². The number of nitrogens with zero attached hydrogens (tertiary/aromatic N) is 2. The summed E-state index contributed by atoms with van der Waals surface area (Å²) in [5.41, 5.74) is 1.57. The first-order chi connectivity index (χ1) is 13.9. The van der Waals surface area contributed by atoms with Gasteiger partial charge in [-0.2, -0.15) is 5.10 Å². The van der Waals surface area contributed by atoms with Crippen LogP contribution in [-0.4, -0.2) is 65.4 Å². The van der Waals surface area contributed by atoms with Gasteiger partial charge in [0.2, 0.25) is 5.91 Å². The van der Waals surface area contributed by atoms with Gasteiger partial charge in [0.25, 0.3) is 6.47 Å². The zero-order valence-electron chi connectivity index (χ0n) is 16.6. The summed E-state index contributed by atoms with van der Waals surface area (Å²) in [5.74, 6) is 0.0721. The number of benzene rings is 1. The fourth-order valence-electron chi connectivity index (χ4n) is 3.46. The van der Waals surface area contributed by atoms with Crippen molar-refractivity contribution in [1.29, 1.82) is 0 Å². The lowest BCUT2D eigenvalue weighted by Crippen LogP contribution is -2.66. The van der Waals surface area contributed by atoms with E-state index in [4.69, 9.17) is 26.2 Å². The summed E-state index contributed by atoms with van der Waals surface area (Å²) >= 11 is 5.99. The number of methoxy groups -OCH3 is 1. The van der Waals surface area contributed by atoms with Gasteiger partial charge in [-0.3, -0.25) is 19.6 Å². The van der Waals surface area contributed by atoms with Crippen molar-refractivity contribution in [3.8, 4) is 0 Å². The number of aromatic amines is 1. The molecule has 0 saturated carbocycles. The van der Waals surface area contributed by atoms with Crippen molar-refractivity contribution in [2.45, 2.75) is 25.9 Å². The number of amides is 1. The maximum absolute atomic E-state index is 13.0. The highest BCUT2D eigenvalue weighted by Crippen LogP contribution is 2.36. The summed E-state index contributed by atoms with van der Waals surface area (Å²) < 4.78 is 5.25. The molecule has 9 heteroatoms. The van der Waals surface area contributed by atoms with Crippen LogP contribution < -0.4 is 5.32 Å². The van der Waals surface area contributed by atoms with Crippen molar-refractivity contribution in [1.82, 2.24) is 20.4 Å². The Morgan fingerprint density at radius 3 is 2.62 bits per heavy atom. The van der Waals surface area contributed by atoms with Crippen LogP contribution in [0.2, 0.25) is 5.02 Å². The molecule has 1 aromatic carbocycles. The van der Waals surface area contributed by atoms with Crippen molar-refractivity contribution >= 4 is 24.0 Å². The summed E-state index contributed by atoms with van der Waals surface area (Å²) in [6.07, 6.45) is 2.37. The average molecular weight is 423 g/mol. The van der Waals surface area contributed by atoms with E-state index in [1.54, 1.807) is 13.3 Å². The molecule has 1 aromatic heterocycles. The summed E-state index contributed by atoms with van der Waals surface area (Å²) in [6, 6.07) is 9.88. The normalized spacial score (nSPS) is 16.1. The van der Waals surface area contributed by atoms with E-state index >= 15 is 0 Å². The molecule has 2 heterocycles. The number of carboxylic acid groups (broad SMARTS) is 1. The Kier molecular flexibility index (Phi) is 8.63. The number of hydrogen-bond donors (Lipinski definition) is 3. The van der Waals surface area contributed by atoms with E-state index < -0.39 is 5.41 Å². The largest absolute Gasteiger partial charge is 0.483 e. The Balaban J connectivity index is 0.000000941. The van der Waals surface area contributed by atoms with Gasteiger partial charge >= 0.3 is 0 Å². The summed E-state index contributed by atoms with van der Waals surface area (Å²) in [5, 5.41) is 17.4. The molecule has 0 radical (unpaired) electrons. The zero-order valence-corrected chi connectivity index (χ0v) is 17.4. The molecule has 0 spiro atoms. The fourth-order valence-corrected chi connectivity index (χ4v) is 3.59. The second-order valence-electron chi connectivity index (χ2n) is 7.16. The fraction of sp³-hybridized carbons (Fsp3) is 0.450. The topological polar surface area (TPSA) is 108 Å². The number of nitrogens with one attached hydrogen (secondary N) is 2. The standard InChI is InChI=1S/C19H25ClN4O2.CH2O2/c1-14(11-26-2)24-12-19(13-24,9-15-3-5-16(20)6-4-15)18(25)21-10-17-7-8-22-23-17;2-1-3/h3-8,14H,9-13H2,1-2H3,(H,21,25)(H,22,23);1H,(H,2,3). The molecule has 0 bridgehead atoms. The zero-order chi connectivity index (χ0) is 21.3. The molecule has 8 nitrogen and oxygen atoms in total. The second-order valence-corrected chi connectivity index (χ2v) is 7.60. The quantitative estimate of drug-likeness (QED) is 0.561. The third kappa shape index (κ3) is 6.28. The van der Waals surface area contributed by atoms with Crippen LogP contribution in [0.15, 0.2) is 36.5 Å². The second kappa shape index (κ2) is 10.9. The number of rotatable bonds is 8. The Bertz CT molecular complexity index is 761. The van der Waals surface area contributed by atoms with E-state index in [9.17, 15) is 4.79 Å². The predicted molar refractivity (Wildman–Crippen MR) is 110 cm³/mol. The Hall–Kier alpha value is -2.42. The van der Waals surface area contributed by atoms with Crippen LogP contribution in [0.3, 0.4) is 0 Å². The maximum atomic E-state index is 13.0. The van der Waals surface area contributed by atoms with E-state index in [0.29, 0.717) is 30.6 Å². The maximum Gasteiger partial charge on any atom is 0.290 e. The molecule has 29 heavy (non-hydrogen) atoms. The van der Waals surface area contributed by atoms with Crippen LogP contribution in [0.1, 0.15) is 18.2 Å². The highest BCUT2D eigenvalue weighted by Gasteiger charge is 2.50. The molecule has 1 amide bonds. The molecule has 0 aliphatic carbocycles. The van der Waals surface area contributed by atoms with Crippen LogP contribution in [0.5, 0.6) is 0 Å². The number of likely N-dealkylation sites (tertiary alicyclic amines) is 1. The van der Waals surface area contributed by atoms with Crippen molar-refractivity contribution in [3.05, 3.63) is 52.8 Å². The smallest absolute Gasteiger partial charge is 0.290 e. The first-order valence-corrected chi connectivity index (χ1v) is 9.63. The van der Waals surface area contributed by atoms with Crippen LogP contribution in [0.25, 0.3) is 0 Å². The van der Waals surface area contributed by atoms with Gasteiger partial charge in [0, 0.05) is 37.5 Å². The van der Waals surface area contributed by atoms with Crippen molar-refractivity contribution in [3.63, 3.8) is 0 Å². The van der Waals surface area contributed by atoms with E-state index in [0.717, 1.165) is 24.3 Å².